The second kappa shape index (κ2) is 14.6. The maximum Gasteiger partial charge on any atom is 0.237 e. The van der Waals surface area contributed by atoms with Crippen LogP contribution in [0.4, 0.5) is 0 Å². The van der Waals surface area contributed by atoms with Gasteiger partial charge in [-0.2, -0.15) is 9.98 Å². The third-order valence-corrected chi connectivity index (χ3v) is 7.73. The summed E-state index contributed by atoms with van der Waals surface area (Å²) in [5.41, 5.74) is -0.933. The minimum atomic E-state index is -0.857. The van der Waals surface area contributed by atoms with Gasteiger partial charge in [0.2, 0.25) is 24.3 Å². The number of aliphatic imine (C=N–C) groups is 4. The molecule has 0 aliphatic heterocycles. The Morgan fingerprint density at radius 1 is 0.576 bits per heavy atom. The van der Waals surface area contributed by atoms with Gasteiger partial charge in [0.15, 0.2) is 5.66 Å². The zero-order valence-corrected chi connectivity index (χ0v) is 19.6. The summed E-state index contributed by atoms with van der Waals surface area (Å²) in [4.78, 5) is 57.3. The molecule has 180 valence electrons. The summed E-state index contributed by atoms with van der Waals surface area (Å²) in [6.07, 6.45) is 23.0. The van der Waals surface area contributed by atoms with Crippen LogP contribution in [0.3, 0.4) is 0 Å². The van der Waals surface area contributed by atoms with Gasteiger partial charge in [-0.25, -0.2) is 29.2 Å². The monoisotopic (exact) mass is 456 g/mol. The van der Waals surface area contributed by atoms with Crippen LogP contribution in [0.2, 0.25) is 0 Å². The fraction of sp³-hybridized carbons (Fsp3) is 0.840. The van der Waals surface area contributed by atoms with Crippen molar-refractivity contribution in [2.75, 3.05) is 13.1 Å². The maximum absolute atomic E-state index is 10.9. The molecule has 0 unspecified atom stereocenters. The first kappa shape index (κ1) is 26.8. The lowest BCUT2D eigenvalue weighted by atomic mass is 9.69. The van der Waals surface area contributed by atoms with Crippen molar-refractivity contribution in [3.8, 4) is 0 Å². The fourth-order valence-electron chi connectivity index (χ4n) is 5.99. The first-order valence-corrected chi connectivity index (χ1v) is 12.4. The van der Waals surface area contributed by atoms with Gasteiger partial charge in [0.1, 0.15) is 0 Å². The van der Waals surface area contributed by atoms with Gasteiger partial charge >= 0.3 is 0 Å². The smallest absolute Gasteiger partial charge is 0.211 e. The van der Waals surface area contributed by atoms with Gasteiger partial charge in [-0.1, -0.05) is 57.8 Å². The van der Waals surface area contributed by atoms with Crippen molar-refractivity contribution >= 4 is 24.3 Å². The summed E-state index contributed by atoms with van der Waals surface area (Å²) in [7, 11) is 0. The van der Waals surface area contributed by atoms with E-state index < -0.39 is 5.66 Å². The number of hydrogen-bond acceptors (Lipinski definition) is 8. The van der Waals surface area contributed by atoms with Crippen LogP contribution in [-0.2, 0) is 19.2 Å². The zero-order chi connectivity index (χ0) is 23.8. The molecule has 3 aliphatic carbocycles. The zero-order valence-electron chi connectivity index (χ0n) is 19.6. The summed E-state index contributed by atoms with van der Waals surface area (Å²) in [6.45, 7) is 0.892. The van der Waals surface area contributed by atoms with E-state index in [-0.39, 0.29) is 17.3 Å². The lowest BCUT2D eigenvalue weighted by Crippen LogP contribution is -2.43. The Morgan fingerprint density at radius 3 is 1.33 bits per heavy atom. The molecule has 0 aromatic carbocycles. The molecule has 0 aromatic rings. The van der Waals surface area contributed by atoms with Gasteiger partial charge in [0.25, 0.3) is 0 Å². The summed E-state index contributed by atoms with van der Waals surface area (Å²) in [6, 6.07) is 0. The van der Waals surface area contributed by atoms with Crippen molar-refractivity contribution < 1.29 is 19.2 Å². The van der Waals surface area contributed by atoms with E-state index >= 15 is 0 Å². The molecule has 3 aliphatic rings. The van der Waals surface area contributed by atoms with E-state index in [1.54, 1.807) is 24.3 Å². The van der Waals surface area contributed by atoms with E-state index in [1.807, 2.05) is 0 Å². The molecule has 33 heavy (non-hydrogen) atoms. The minimum Gasteiger partial charge on any atom is -0.211 e. The van der Waals surface area contributed by atoms with Gasteiger partial charge in [-0.05, 0) is 38.5 Å². The minimum absolute atomic E-state index is 0.0763. The molecule has 8 heteroatoms. The lowest BCUT2D eigenvalue weighted by molar-refractivity contribution is 0.115. The molecular formula is C25H36N4O4. The van der Waals surface area contributed by atoms with Crippen LogP contribution >= 0.6 is 0 Å². The number of rotatable bonds is 8. The predicted octanol–water partition coefficient (Wildman–Crippen LogP) is 5.12. The molecule has 0 saturated heterocycles. The topological polar surface area (TPSA) is 118 Å². The van der Waals surface area contributed by atoms with Crippen LogP contribution in [0.1, 0.15) is 96.3 Å². The van der Waals surface area contributed by atoms with Gasteiger partial charge in [0, 0.05) is 17.3 Å². The SMILES string of the molecule is O=C=NC(N=C=O)(C1CCCCC1)C1CCCCC1.O=C=NCC1(CN=C=O)CCCCC1. The van der Waals surface area contributed by atoms with Crippen LogP contribution in [0.15, 0.2) is 20.0 Å². The highest BCUT2D eigenvalue weighted by Crippen LogP contribution is 2.46. The average molecular weight is 457 g/mol. The van der Waals surface area contributed by atoms with E-state index in [4.69, 9.17) is 0 Å². The molecular weight excluding hydrogens is 420 g/mol. The molecule has 3 rings (SSSR count). The highest BCUT2D eigenvalue weighted by molar-refractivity contribution is 5.40. The highest BCUT2D eigenvalue weighted by Gasteiger charge is 2.46. The number of nitrogens with zero attached hydrogens (tertiary/aromatic N) is 4. The molecule has 8 nitrogen and oxygen atoms in total. The van der Waals surface area contributed by atoms with E-state index in [1.165, 1.54) is 19.3 Å². The molecule has 0 bridgehead atoms. The molecule has 0 amide bonds. The van der Waals surface area contributed by atoms with Crippen molar-refractivity contribution in [1.29, 1.82) is 0 Å². The maximum atomic E-state index is 10.9. The molecule has 0 radical (unpaired) electrons. The van der Waals surface area contributed by atoms with Crippen LogP contribution in [0.25, 0.3) is 0 Å². The van der Waals surface area contributed by atoms with Gasteiger partial charge in [-0.3, -0.25) is 0 Å². The molecule has 0 atom stereocenters. The van der Waals surface area contributed by atoms with Gasteiger partial charge in [0.05, 0.1) is 13.1 Å². The van der Waals surface area contributed by atoms with Crippen molar-refractivity contribution in [1.82, 2.24) is 0 Å². The third-order valence-electron chi connectivity index (χ3n) is 7.73. The lowest BCUT2D eigenvalue weighted by Gasteiger charge is -2.41. The van der Waals surface area contributed by atoms with Crippen molar-refractivity contribution in [3.63, 3.8) is 0 Å². The van der Waals surface area contributed by atoms with E-state index in [2.05, 4.69) is 20.0 Å². The molecule has 0 N–H and O–H groups in total. The molecule has 3 saturated carbocycles. The first-order chi connectivity index (χ1) is 16.2. The second-order valence-corrected chi connectivity index (χ2v) is 9.73. The number of carbonyl (C=O) groups excluding carboxylic acids is 4. The normalized spacial score (nSPS) is 21.0. The Kier molecular flexibility index (Phi) is 11.9. The average Bonchev–Trinajstić information content (AvgIpc) is 2.88. The largest absolute Gasteiger partial charge is 0.237 e. The predicted molar refractivity (Wildman–Crippen MR) is 124 cm³/mol. The van der Waals surface area contributed by atoms with Crippen LogP contribution in [0.5, 0.6) is 0 Å². The third kappa shape index (κ3) is 7.81. The Morgan fingerprint density at radius 2 is 0.970 bits per heavy atom. The van der Waals surface area contributed by atoms with Crippen LogP contribution in [0, 0.1) is 17.3 Å². The van der Waals surface area contributed by atoms with Crippen molar-refractivity contribution in [2.24, 2.45) is 37.2 Å². The molecule has 0 aromatic heterocycles. The number of isocyanates is 4. The van der Waals surface area contributed by atoms with Crippen molar-refractivity contribution in [3.05, 3.63) is 0 Å². The van der Waals surface area contributed by atoms with E-state index in [0.29, 0.717) is 13.1 Å². The Hall–Kier alpha value is -2.48. The van der Waals surface area contributed by atoms with E-state index in [9.17, 15) is 19.2 Å². The summed E-state index contributed by atoms with van der Waals surface area (Å²) in [5, 5.41) is 0. The van der Waals surface area contributed by atoms with Crippen LogP contribution in [-0.4, -0.2) is 43.1 Å². The Labute approximate surface area is 196 Å². The molecule has 3 fully saturated rings. The first-order valence-electron chi connectivity index (χ1n) is 12.4. The molecule has 0 heterocycles. The van der Waals surface area contributed by atoms with Gasteiger partial charge < -0.3 is 0 Å². The Balaban J connectivity index is 0.000000245. The summed E-state index contributed by atoms with van der Waals surface area (Å²) < 4.78 is 0. The quantitative estimate of drug-likeness (QED) is 0.372. The van der Waals surface area contributed by atoms with Gasteiger partial charge in [-0.15, -0.1) is 0 Å². The second-order valence-electron chi connectivity index (χ2n) is 9.73. The number of hydrogen-bond donors (Lipinski definition) is 0. The van der Waals surface area contributed by atoms with Crippen LogP contribution < -0.4 is 0 Å². The standard InChI is InChI=1S/C15H22N2O2.C10H14N2O2/c18-11-16-15(17-12-19,13-7-3-1-4-8-13)14-9-5-2-6-10-14;13-8-11-6-10(7-12-9-14)4-2-1-3-5-10/h13-14H,1-10H2;1-7H2. The molecule has 0 spiro atoms. The van der Waals surface area contributed by atoms with E-state index in [0.717, 1.165) is 77.0 Å². The summed E-state index contributed by atoms with van der Waals surface area (Å²) in [5.74, 6) is 0.430. The highest BCUT2D eigenvalue weighted by atomic mass is 16.1. The van der Waals surface area contributed by atoms with Crippen molar-refractivity contribution in [2.45, 2.75) is 102 Å². The fourth-order valence-corrected chi connectivity index (χ4v) is 5.99. The Bertz CT molecular complexity index is 725. The summed E-state index contributed by atoms with van der Waals surface area (Å²) >= 11 is 0.